The van der Waals surface area contributed by atoms with E-state index < -0.39 is 5.97 Å². The van der Waals surface area contributed by atoms with Gasteiger partial charge in [-0.2, -0.15) is 0 Å². The number of esters is 1. The summed E-state index contributed by atoms with van der Waals surface area (Å²) >= 11 is 1.14. The lowest BCUT2D eigenvalue weighted by Crippen LogP contribution is -2.40. The van der Waals surface area contributed by atoms with E-state index in [0.29, 0.717) is 12.3 Å². The van der Waals surface area contributed by atoms with Crippen molar-refractivity contribution in [3.05, 3.63) is 16.1 Å². The average molecular weight is 310 g/mol. The van der Waals surface area contributed by atoms with Crippen molar-refractivity contribution < 1.29 is 14.3 Å². The van der Waals surface area contributed by atoms with Gasteiger partial charge in [-0.05, 0) is 31.6 Å². The molecule has 1 aromatic rings. The number of thiazole rings is 1. The summed E-state index contributed by atoms with van der Waals surface area (Å²) < 4.78 is 4.88. The molecule has 1 unspecified atom stereocenters. The Balaban J connectivity index is 1.96. The van der Waals surface area contributed by atoms with E-state index in [1.165, 1.54) is 6.42 Å². The SMILES string of the molecule is CCOC(=O)c1nc(C(=O)NC2CCCC(C)(C)C2)cs1. The average Bonchev–Trinajstić information content (AvgIpc) is 2.87. The van der Waals surface area contributed by atoms with Gasteiger partial charge in [0.15, 0.2) is 0 Å². The Morgan fingerprint density at radius 2 is 2.29 bits per heavy atom. The third kappa shape index (κ3) is 4.27. The van der Waals surface area contributed by atoms with E-state index in [1.807, 2.05) is 0 Å². The van der Waals surface area contributed by atoms with Crippen LogP contribution in [0.3, 0.4) is 0 Å². The van der Waals surface area contributed by atoms with Crippen LogP contribution in [0.2, 0.25) is 0 Å². The standard InChI is InChI=1S/C15H22N2O3S/c1-4-20-14(19)13-17-11(9-21-13)12(18)16-10-6-5-7-15(2,3)8-10/h9-10H,4-8H2,1-3H3,(H,16,18). The van der Waals surface area contributed by atoms with Crippen molar-refractivity contribution in [3.63, 3.8) is 0 Å². The fraction of sp³-hybridized carbons (Fsp3) is 0.667. The van der Waals surface area contributed by atoms with Crippen molar-refractivity contribution in [3.8, 4) is 0 Å². The van der Waals surface area contributed by atoms with Crippen LogP contribution in [-0.2, 0) is 4.74 Å². The summed E-state index contributed by atoms with van der Waals surface area (Å²) in [6.45, 7) is 6.50. The Morgan fingerprint density at radius 1 is 1.52 bits per heavy atom. The molecule has 1 amide bonds. The molecule has 0 spiro atoms. The van der Waals surface area contributed by atoms with Crippen LogP contribution in [0, 0.1) is 5.41 Å². The maximum absolute atomic E-state index is 12.2. The Bertz CT molecular complexity index is 525. The number of nitrogens with one attached hydrogen (secondary N) is 1. The lowest BCUT2D eigenvalue weighted by molar-refractivity contribution is 0.0526. The van der Waals surface area contributed by atoms with Gasteiger partial charge in [0.2, 0.25) is 5.01 Å². The first-order chi connectivity index (χ1) is 9.91. The van der Waals surface area contributed by atoms with Gasteiger partial charge in [0.1, 0.15) is 5.69 Å². The first-order valence-electron chi connectivity index (χ1n) is 7.35. The van der Waals surface area contributed by atoms with Crippen LogP contribution >= 0.6 is 11.3 Å². The maximum Gasteiger partial charge on any atom is 0.367 e. The fourth-order valence-electron chi connectivity index (χ4n) is 2.75. The summed E-state index contributed by atoms with van der Waals surface area (Å²) in [4.78, 5) is 27.8. The second kappa shape index (κ2) is 6.56. The molecule has 1 aliphatic rings. The zero-order chi connectivity index (χ0) is 15.5. The van der Waals surface area contributed by atoms with Gasteiger partial charge < -0.3 is 10.1 Å². The van der Waals surface area contributed by atoms with Crippen LogP contribution in [0.1, 0.15) is 66.7 Å². The largest absolute Gasteiger partial charge is 0.461 e. The number of carbonyl (C=O) groups is 2. The number of aromatic nitrogens is 1. The fourth-order valence-corrected chi connectivity index (χ4v) is 3.43. The lowest BCUT2D eigenvalue weighted by Gasteiger charge is -2.35. The Labute approximate surface area is 129 Å². The first-order valence-corrected chi connectivity index (χ1v) is 8.23. The molecule has 0 radical (unpaired) electrons. The summed E-state index contributed by atoms with van der Waals surface area (Å²) in [6.07, 6.45) is 4.31. The van der Waals surface area contributed by atoms with Crippen LogP contribution < -0.4 is 5.32 Å². The van der Waals surface area contributed by atoms with Gasteiger partial charge in [-0.1, -0.05) is 20.3 Å². The molecule has 0 aliphatic heterocycles. The summed E-state index contributed by atoms with van der Waals surface area (Å²) in [6, 6.07) is 0.189. The van der Waals surface area contributed by atoms with Gasteiger partial charge >= 0.3 is 5.97 Å². The third-order valence-corrected chi connectivity index (χ3v) is 4.55. The van der Waals surface area contributed by atoms with Crippen LogP contribution in [0.15, 0.2) is 5.38 Å². The molecular weight excluding hydrogens is 288 g/mol. The molecule has 1 aromatic heterocycles. The summed E-state index contributed by atoms with van der Waals surface area (Å²) in [5.74, 6) is -0.676. The Kier molecular flexibility index (Phi) is 4.98. The quantitative estimate of drug-likeness (QED) is 0.868. The van der Waals surface area contributed by atoms with E-state index in [-0.39, 0.29) is 22.4 Å². The maximum atomic E-state index is 12.2. The molecule has 21 heavy (non-hydrogen) atoms. The monoisotopic (exact) mass is 310 g/mol. The van der Waals surface area contributed by atoms with E-state index in [1.54, 1.807) is 12.3 Å². The molecular formula is C15H22N2O3S. The van der Waals surface area contributed by atoms with Gasteiger partial charge in [0.05, 0.1) is 6.61 Å². The lowest BCUT2D eigenvalue weighted by atomic mass is 9.75. The second-order valence-corrected chi connectivity index (χ2v) is 7.05. The van der Waals surface area contributed by atoms with E-state index in [2.05, 4.69) is 24.1 Å². The van der Waals surface area contributed by atoms with Crippen molar-refractivity contribution in [1.82, 2.24) is 10.3 Å². The van der Waals surface area contributed by atoms with Crippen LogP contribution in [0.4, 0.5) is 0 Å². The summed E-state index contributed by atoms with van der Waals surface area (Å²) in [5, 5.41) is 4.86. The molecule has 2 rings (SSSR count). The second-order valence-electron chi connectivity index (χ2n) is 6.19. The van der Waals surface area contributed by atoms with Crippen molar-refractivity contribution in [2.24, 2.45) is 5.41 Å². The van der Waals surface area contributed by atoms with Gasteiger partial charge in [-0.25, -0.2) is 9.78 Å². The molecule has 1 atom stereocenters. The van der Waals surface area contributed by atoms with Crippen LogP contribution in [-0.4, -0.2) is 29.5 Å². The van der Waals surface area contributed by atoms with E-state index in [0.717, 1.165) is 30.6 Å². The van der Waals surface area contributed by atoms with Crippen molar-refractivity contribution in [1.29, 1.82) is 0 Å². The number of hydrogen-bond acceptors (Lipinski definition) is 5. The molecule has 6 heteroatoms. The van der Waals surface area contributed by atoms with E-state index in [4.69, 9.17) is 4.74 Å². The normalized spacial score (nSPS) is 20.8. The smallest absolute Gasteiger partial charge is 0.367 e. The number of hydrogen-bond donors (Lipinski definition) is 1. The van der Waals surface area contributed by atoms with Crippen molar-refractivity contribution in [2.75, 3.05) is 6.61 Å². The molecule has 5 nitrogen and oxygen atoms in total. The van der Waals surface area contributed by atoms with Crippen molar-refractivity contribution >= 4 is 23.2 Å². The number of rotatable bonds is 4. The molecule has 0 aromatic carbocycles. The minimum Gasteiger partial charge on any atom is -0.461 e. The molecule has 1 fully saturated rings. The molecule has 1 saturated carbocycles. The van der Waals surface area contributed by atoms with Crippen LogP contribution in [0.25, 0.3) is 0 Å². The van der Waals surface area contributed by atoms with E-state index in [9.17, 15) is 9.59 Å². The Morgan fingerprint density at radius 3 is 2.95 bits per heavy atom. The highest BCUT2D eigenvalue weighted by Crippen LogP contribution is 2.35. The van der Waals surface area contributed by atoms with Crippen molar-refractivity contribution in [2.45, 2.75) is 52.5 Å². The molecule has 1 N–H and O–H groups in total. The highest BCUT2D eigenvalue weighted by Gasteiger charge is 2.29. The zero-order valence-corrected chi connectivity index (χ0v) is 13.6. The molecule has 0 saturated heterocycles. The van der Waals surface area contributed by atoms with Gasteiger partial charge in [0.25, 0.3) is 5.91 Å². The predicted octanol–water partition coefficient (Wildman–Crippen LogP) is 3.02. The Hall–Kier alpha value is -1.43. The topological polar surface area (TPSA) is 68.3 Å². The zero-order valence-electron chi connectivity index (χ0n) is 12.8. The highest BCUT2D eigenvalue weighted by molar-refractivity contribution is 7.11. The van der Waals surface area contributed by atoms with Crippen LogP contribution in [0.5, 0.6) is 0 Å². The first kappa shape index (κ1) is 15.9. The number of carbonyl (C=O) groups excluding carboxylic acids is 2. The molecule has 0 bridgehead atoms. The minimum atomic E-state index is -0.472. The highest BCUT2D eigenvalue weighted by atomic mass is 32.1. The number of nitrogens with zero attached hydrogens (tertiary/aromatic N) is 1. The van der Waals surface area contributed by atoms with Gasteiger partial charge in [0, 0.05) is 11.4 Å². The molecule has 1 heterocycles. The predicted molar refractivity (Wildman–Crippen MR) is 81.6 cm³/mol. The third-order valence-electron chi connectivity index (χ3n) is 3.73. The number of amides is 1. The van der Waals surface area contributed by atoms with Gasteiger partial charge in [-0.3, -0.25) is 4.79 Å². The van der Waals surface area contributed by atoms with E-state index >= 15 is 0 Å². The molecule has 1 aliphatic carbocycles. The summed E-state index contributed by atoms with van der Waals surface area (Å²) in [5.41, 5.74) is 0.570. The number of ether oxygens (including phenoxy) is 1. The molecule has 116 valence electrons. The summed E-state index contributed by atoms with van der Waals surface area (Å²) in [7, 11) is 0. The van der Waals surface area contributed by atoms with Gasteiger partial charge in [-0.15, -0.1) is 11.3 Å². The minimum absolute atomic E-state index is 0.189.